The lowest BCUT2D eigenvalue weighted by molar-refractivity contribution is 0.542. The van der Waals surface area contributed by atoms with Crippen molar-refractivity contribution < 1.29 is 17.2 Å². The molecule has 3 aromatic rings. The topological polar surface area (TPSA) is 64.0 Å². The van der Waals surface area contributed by atoms with Gasteiger partial charge in [-0.25, -0.2) is 26.6 Å². The Bertz CT molecular complexity index is 956. The van der Waals surface area contributed by atoms with Crippen LogP contribution in [0.25, 0.3) is 5.69 Å². The van der Waals surface area contributed by atoms with Crippen LogP contribution in [0.4, 0.5) is 8.78 Å². The van der Waals surface area contributed by atoms with Gasteiger partial charge in [-0.1, -0.05) is 18.2 Å². The zero-order valence-electron chi connectivity index (χ0n) is 12.4. The fourth-order valence-electron chi connectivity index (χ4n) is 2.12. The molecule has 3 rings (SSSR count). The van der Waals surface area contributed by atoms with Gasteiger partial charge in [-0.05, 0) is 30.3 Å². The Hall–Kier alpha value is -2.58. The molecule has 0 aliphatic rings. The summed E-state index contributed by atoms with van der Waals surface area (Å²) in [4.78, 5) is -0.605. The van der Waals surface area contributed by atoms with Crippen LogP contribution in [0.2, 0.25) is 0 Å². The van der Waals surface area contributed by atoms with Crippen LogP contribution >= 0.6 is 0 Å². The molecule has 1 N–H and O–H groups in total. The number of nitrogens with zero attached hydrogens (tertiary/aromatic N) is 2. The second-order valence-electron chi connectivity index (χ2n) is 4.99. The van der Waals surface area contributed by atoms with Gasteiger partial charge in [0.2, 0.25) is 10.0 Å². The summed E-state index contributed by atoms with van der Waals surface area (Å²) in [5, 5.41) is 4.25. The smallest absolute Gasteiger partial charge is 0.241 e. The minimum atomic E-state index is -4.10. The monoisotopic (exact) mass is 349 g/mol. The van der Waals surface area contributed by atoms with Crippen LogP contribution in [0.1, 0.15) is 5.69 Å². The van der Waals surface area contributed by atoms with Gasteiger partial charge in [0.15, 0.2) is 0 Å². The first-order valence-electron chi connectivity index (χ1n) is 7.00. The highest BCUT2D eigenvalue weighted by Gasteiger charge is 2.19. The molecule has 1 aromatic heterocycles. The molecule has 0 unspecified atom stereocenters. The molecular formula is C16H13F2N3O2S. The molecule has 0 spiro atoms. The highest BCUT2D eigenvalue weighted by Crippen LogP contribution is 2.16. The van der Waals surface area contributed by atoms with Gasteiger partial charge in [0.05, 0.1) is 17.9 Å². The highest BCUT2D eigenvalue weighted by atomic mass is 32.2. The Kier molecular flexibility index (Phi) is 4.41. The van der Waals surface area contributed by atoms with Gasteiger partial charge >= 0.3 is 0 Å². The molecule has 124 valence electrons. The normalized spacial score (nSPS) is 11.6. The number of benzene rings is 2. The second-order valence-corrected chi connectivity index (χ2v) is 6.72. The maximum atomic E-state index is 13.6. The Balaban J connectivity index is 1.75. The SMILES string of the molecule is O=S(=O)(NCc1ccn(-c2ccccc2)n1)c1ccc(F)cc1F. The van der Waals surface area contributed by atoms with Gasteiger partial charge in [0.25, 0.3) is 0 Å². The number of hydrogen-bond donors (Lipinski definition) is 1. The van der Waals surface area contributed by atoms with E-state index in [-0.39, 0.29) is 6.54 Å². The van der Waals surface area contributed by atoms with E-state index in [4.69, 9.17) is 0 Å². The maximum Gasteiger partial charge on any atom is 0.243 e. The summed E-state index contributed by atoms with van der Waals surface area (Å²) in [6.45, 7) is -0.112. The van der Waals surface area contributed by atoms with Gasteiger partial charge in [0, 0.05) is 12.3 Å². The first-order valence-corrected chi connectivity index (χ1v) is 8.49. The molecule has 0 saturated heterocycles. The number of nitrogens with one attached hydrogen (secondary N) is 1. The van der Waals surface area contributed by atoms with Gasteiger partial charge in [-0.2, -0.15) is 5.10 Å². The van der Waals surface area contributed by atoms with Crippen molar-refractivity contribution in [2.45, 2.75) is 11.4 Å². The molecule has 0 aliphatic carbocycles. The Morgan fingerprint density at radius 3 is 2.50 bits per heavy atom. The van der Waals surface area contributed by atoms with Crippen molar-refractivity contribution in [2.24, 2.45) is 0 Å². The summed E-state index contributed by atoms with van der Waals surface area (Å²) in [5.41, 5.74) is 1.29. The van der Waals surface area contributed by atoms with E-state index in [0.29, 0.717) is 11.8 Å². The Morgan fingerprint density at radius 2 is 1.79 bits per heavy atom. The quantitative estimate of drug-likeness (QED) is 0.770. The molecule has 24 heavy (non-hydrogen) atoms. The molecule has 1 heterocycles. The van der Waals surface area contributed by atoms with Crippen molar-refractivity contribution in [1.82, 2.24) is 14.5 Å². The van der Waals surface area contributed by atoms with Crippen LogP contribution in [-0.4, -0.2) is 18.2 Å². The maximum absolute atomic E-state index is 13.6. The van der Waals surface area contributed by atoms with Crippen LogP contribution in [0.3, 0.4) is 0 Å². The average molecular weight is 349 g/mol. The number of para-hydroxylation sites is 1. The lowest BCUT2D eigenvalue weighted by Gasteiger charge is -2.06. The van der Waals surface area contributed by atoms with E-state index in [9.17, 15) is 17.2 Å². The van der Waals surface area contributed by atoms with Crippen LogP contribution in [0.15, 0.2) is 65.7 Å². The minimum Gasteiger partial charge on any atom is -0.241 e. The molecule has 0 fully saturated rings. The van der Waals surface area contributed by atoms with E-state index < -0.39 is 26.6 Å². The van der Waals surface area contributed by atoms with Gasteiger partial charge in [-0.3, -0.25) is 0 Å². The summed E-state index contributed by atoms with van der Waals surface area (Å²) >= 11 is 0. The number of sulfonamides is 1. The molecule has 0 radical (unpaired) electrons. The van der Waals surface area contributed by atoms with E-state index >= 15 is 0 Å². The summed E-state index contributed by atoms with van der Waals surface area (Å²) in [5.74, 6) is -1.98. The van der Waals surface area contributed by atoms with Crippen LogP contribution in [0.5, 0.6) is 0 Å². The van der Waals surface area contributed by atoms with Crippen molar-refractivity contribution in [1.29, 1.82) is 0 Å². The molecule has 8 heteroatoms. The van der Waals surface area contributed by atoms with Gasteiger partial charge in [-0.15, -0.1) is 0 Å². The lowest BCUT2D eigenvalue weighted by atomic mass is 10.3. The van der Waals surface area contributed by atoms with Crippen molar-refractivity contribution in [2.75, 3.05) is 0 Å². The van der Waals surface area contributed by atoms with Crippen molar-refractivity contribution in [3.8, 4) is 5.69 Å². The number of rotatable bonds is 5. The third-order valence-corrected chi connectivity index (χ3v) is 4.73. The number of halogens is 2. The molecule has 5 nitrogen and oxygen atoms in total. The predicted octanol–water partition coefficient (Wildman–Crippen LogP) is 2.63. The van der Waals surface area contributed by atoms with Crippen molar-refractivity contribution in [3.63, 3.8) is 0 Å². The van der Waals surface area contributed by atoms with Crippen LogP contribution in [-0.2, 0) is 16.6 Å². The molecule has 0 amide bonds. The molecule has 2 aromatic carbocycles. The number of hydrogen-bond acceptors (Lipinski definition) is 3. The Morgan fingerprint density at radius 1 is 1.04 bits per heavy atom. The van der Waals surface area contributed by atoms with E-state index in [0.717, 1.165) is 17.8 Å². The van der Waals surface area contributed by atoms with E-state index in [1.807, 2.05) is 30.3 Å². The van der Waals surface area contributed by atoms with Gasteiger partial charge < -0.3 is 0 Å². The second kappa shape index (κ2) is 6.50. The zero-order chi connectivity index (χ0) is 17.2. The molecule has 0 saturated carbocycles. The Labute approximate surface area is 137 Å². The first-order chi connectivity index (χ1) is 11.5. The fourth-order valence-corrected chi connectivity index (χ4v) is 3.18. The molecule has 0 atom stereocenters. The first kappa shape index (κ1) is 16.3. The van der Waals surface area contributed by atoms with Gasteiger partial charge in [0.1, 0.15) is 16.5 Å². The molecule has 0 aliphatic heterocycles. The highest BCUT2D eigenvalue weighted by molar-refractivity contribution is 7.89. The average Bonchev–Trinajstić information content (AvgIpc) is 3.02. The van der Waals surface area contributed by atoms with E-state index in [2.05, 4.69) is 9.82 Å². The van der Waals surface area contributed by atoms with Crippen LogP contribution < -0.4 is 4.72 Å². The standard InChI is InChI=1S/C16H13F2N3O2S/c17-12-6-7-16(15(18)10-12)24(22,23)19-11-13-8-9-21(20-13)14-4-2-1-3-5-14/h1-10,19H,11H2. The third kappa shape index (κ3) is 3.50. The molecule has 0 bridgehead atoms. The number of aromatic nitrogens is 2. The summed E-state index contributed by atoms with van der Waals surface area (Å²) in [6, 6.07) is 13.3. The fraction of sp³-hybridized carbons (Fsp3) is 0.0625. The van der Waals surface area contributed by atoms with Crippen molar-refractivity contribution >= 4 is 10.0 Å². The van der Waals surface area contributed by atoms with E-state index in [1.165, 1.54) is 0 Å². The molecular weight excluding hydrogens is 336 g/mol. The summed E-state index contributed by atoms with van der Waals surface area (Å²) in [7, 11) is -4.10. The largest absolute Gasteiger partial charge is 0.243 e. The van der Waals surface area contributed by atoms with Crippen molar-refractivity contribution in [3.05, 3.63) is 78.1 Å². The van der Waals surface area contributed by atoms with Crippen LogP contribution in [0, 0.1) is 11.6 Å². The minimum absolute atomic E-state index is 0.112. The predicted molar refractivity (Wildman–Crippen MR) is 83.9 cm³/mol. The summed E-state index contributed by atoms with van der Waals surface area (Å²) < 4.78 is 54.6. The zero-order valence-corrected chi connectivity index (χ0v) is 13.2. The lowest BCUT2D eigenvalue weighted by Crippen LogP contribution is -2.24. The third-order valence-electron chi connectivity index (χ3n) is 3.29. The van der Waals surface area contributed by atoms with E-state index in [1.54, 1.807) is 16.9 Å². The summed E-state index contributed by atoms with van der Waals surface area (Å²) in [6.07, 6.45) is 1.69.